The number of carbonyl (C=O) groups is 1. The summed E-state index contributed by atoms with van der Waals surface area (Å²) >= 11 is 0. The van der Waals surface area contributed by atoms with Gasteiger partial charge in [-0.3, -0.25) is 4.79 Å². The van der Waals surface area contributed by atoms with Crippen molar-refractivity contribution in [2.75, 3.05) is 13.2 Å². The molecule has 0 amide bonds. The molecule has 13 heavy (non-hydrogen) atoms. The molecule has 0 N–H and O–H groups in total. The number of ether oxygens (including phenoxy) is 2. The lowest BCUT2D eigenvalue weighted by Crippen LogP contribution is -2.36. The number of hydrogen-bond donors (Lipinski definition) is 0. The first-order valence-corrected chi connectivity index (χ1v) is 5.02. The zero-order chi connectivity index (χ0) is 9.31. The van der Waals surface area contributed by atoms with E-state index in [9.17, 15) is 4.79 Å². The van der Waals surface area contributed by atoms with E-state index in [-0.39, 0.29) is 0 Å². The van der Waals surface area contributed by atoms with Crippen LogP contribution in [0.1, 0.15) is 32.6 Å². The van der Waals surface area contributed by atoms with Gasteiger partial charge in [0.15, 0.2) is 5.79 Å². The maximum absolute atomic E-state index is 11.3. The standard InChI is InChI=1S/C10H16O3/c1-8-2-3-9(11)4-5-10(8)12-6-7-13-10/h8H,2-7H2,1H3. The Hall–Kier alpha value is -0.410. The van der Waals surface area contributed by atoms with Crippen molar-refractivity contribution in [3.05, 3.63) is 0 Å². The van der Waals surface area contributed by atoms with Crippen LogP contribution < -0.4 is 0 Å². The largest absolute Gasteiger partial charge is 0.347 e. The van der Waals surface area contributed by atoms with Crippen LogP contribution in [0.3, 0.4) is 0 Å². The minimum atomic E-state index is -0.424. The van der Waals surface area contributed by atoms with Crippen molar-refractivity contribution in [1.82, 2.24) is 0 Å². The molecular weight excluding hydrogens is 168 g/mol. The minimum Gasteiger partial charge on any atom is -0.347 e. The Bertz CT molecular complexity index is 206. The van der Waals surface area contributed by atoms with Crippen LogP contribution in [-0.2, 0) is 14.3 Å². The molecule has 3 nitrogen and oxygen atoms in total. The fourth-order valence-electron chi connectivity index (χ4n) is 2.18. The molecule has 0 aromatic rings. The molecule has 2 aliphatic rings. The van der Waals surface area contributed by atoms with Crippen LogP contribution in [0.5, 0.6) is 0 Å². The minimum absolute atomic E-state index is 0.349. The summed E-state index contributed by atoms with van der Waals surface area (Å²) in [6.45, 7) is 3.47. The van der Waals surface area contributed by atoms with Crippen LogP contribution in [0.4, 0.5) is 0 Å². The second-order valence-electron chi connectivity index (χ2n) is 3.99. The number of Topliss-reactive ketones (excluding diaryl/α,β-unsaturated/α-hetero) is 1. The van der Waals surface area contributed by atoms with Crippen LogP contribution in [0.2, 0.25) is 0 Å². The van der Waals surface area contributed by atoms with Gasteiger partial charge < -0.3 is 9.47 Å². The van der Waals surface area contributed by atoms with Gasteiger partial charge in [-0.25, -0.2) is 0 Å². The normalized spacial score (nSPS) is 33.6. The van der Waals surface area contributed by atoms with E-state index in [0.29, 0.717) is 37.8 Å². The number of hydrogen-bond acceptors (Lipinski definition) is 3. The van der Waals surface area contributed by atoms with Gasteiger partial charge in [0.1, 0.15) is 5.78 Å². The molecule has 3 heteroatoms. The molecule has 1 saturated carbocycles. The summed E-state index contributed by atoms with van der Waals surface area (Å²) in [7, 11) is 0. The molecule has 0 radical (unpaired) electrons. The van der Waals surface area contributed by atoms with Gasteiger partial charge in [0.2, 0.25) is 0 Å². The zero-order valence-electron chi connectivity index (χ0n) is 8.04. The highest BCUT2D eigenvalue weighted by molar-refractivity contribution is 5.78. The van der Waals surface area contributed by atoms with E-state index >= 15 is 0 Å². The van der Waals surface area contributed by atoms with Crippen molar-refractivity contribution in [3.63, 3.8) is 0 Å². The fraction of sp³-hybridized carbons (Fsp3) is 0.900. The first kappa shape index (κ1) is 9.16. The van der Waals surface area contributed by atoms with Gasteiger partial charge in [-0.1, -0.05) is 6.92 Å². The van der Waals surface area contributed by atoms with Crippen molar-refractivity contribution in [2.24, 2.45) is 5.92 Å². The van der Waals surface area contributed by atoms with Crippen molar-refractivity contribution in [2.45, 2.75) is 38.4 Å². The van der Waals surface area contributed by atoms with Crippen molar-refractivity contribution in [1.29, 1.82) is 0 Å². The number of rotatable bonds is 0. The van der Waals surface area contributed by atoms with Crippen molar-refractivity contribution >= 4 is 5.78 Å². The molecule has 0 aromatic heterocycles. The number of carbonyl (C=O) groups excluding carboxylic acids is 1. The summed E-state index contributed by atoms with van der Waals surface area (Å²) in [6.07, 6.45) is 2.95. The Morgan fingerprint density at radius 3 is 2.69 bits per heavy atom. The van der Waals surface area contributed by atoms with Gasteiger partial charge in [0, 0.05) is 25.2 Å². The Kier molecular flexibility index (Phi) is 2.39. The van der Waals surface area contributed by atoms with Gasteiger partial charge in [0.25, 0.3) is 0 Å². The second kappa shape index (κ2) is 3.39. The monoisotopic (exact) mass is 184 g/mol. The maximum atomic E-state index is 11.3. The molecule has 0 bridgehead atoms. The Morgan fingerprint density at radius 2 is 2.00 bits per heavy atom. The molecule has 0 aromatic carbocycles. The van der Waals surface area contributed by atoms with E-state index in [1.807, 2.05) is 0 Å². The van der Waals surface area contributed by atoms with Gasteiger partial charge in [-0.2, -0.15) is 0 Å². The maximum Gasteiger partial charge on any atom is 0.171 e. The molecular formula is C10H16O3. The molecule has 1 heterocycles. The van der Waals surface area contributed by atoms with Crippen LogP contribution in [0.25, 0.3) is 0 Å². The Balaban J connectivity index is 2.11. The van der Waals surface area contributed by atoms with Crippen LogP contribution in [0, 0.1) is 5.92 Å². The summed E-state index contributed by atoms with van der Waals surface area (Å²) < 4.78 is 11.3. The third-order valence-corrected chi connectivity index (χ3v) is 3.14. The molecule has 2 rings (SSSR count). The van der Waals surface area contributed by atoms with Crippen molar-refractivity contribution in [3.8, 4) is 0 Å². The van der Waals surface area contributed by atoms with E-state index in [4.69, 9.17) is 9.47 Å². The van der Waals surface area contributed by atoms with Gasteiger partial charge in [-0.05, 0) is 6.42 Å². The molecule has 1 aliphatic heterocycles. The summed E-state index contributed by atoms with van der Waals surface area (Å²) in [4.78, 5) is 11.3. The third-order valence-electron chi connectivity index (χ3n) is 3.14. The van der Waals surface area contributed by atoms with Crippen LogP contribution >= 0.6 is 0 Å². The highest BCUT2D eigenvalue weighted by Gasteiger charge is 2.43. The van der Waals surface area contributed by atoms with Gasteiger partial charge >= 0.3 is 0 Å². The van der Waals surface area contributed by atoms with E-state index in [2.05, 4.69) is 6.92 Å². The summed E-state index contributed by atoms with van der Waals surface area (Å²) in [6, 6.07) is 0. The van der Waals surface area contributed by atoms with Crippen LogP contribution in [-0.4, -0.2) is 24.8 Å². The average Bonchev–Trinajstić information content (AvgIpc) is 2.55. The SMILES string of the molecule is CC1CCC(=O)CCC12OCCO2. The van der Waals surface area contributed by atoms with Crippen LogP contribution in [0.15, 0.2) is 0 Å². The first-order valence-electron chi connectivity index (χ1n) is 5.02. The second-order valence-corrected chi connectivity index (χ2v) is 3.99. The highest BCUT2D eigenvalue weighted by Crippen LogP contribution is 2.37. The zero-order valence-corrected chi connectivity index (χ0v) is 8.04. The van der Waals surface area contributed by atoms with E-state index in [0.717, 1.165) is 12.8 Å². The van der Waals surface area contributed by atoms with Crippen molar-refractivity contribution < 1.29 is 14.3 Å². The first-order chi connectivity index (χ1) is 6.23. The smallest absolute Gasteiger partial charge is 0.171 e. The van der Waals surface area contributed by atoms with Gasteiger partial charge in [-0.15, -0.1) is 0 Å². The lowest BCUT2D eigenvalue weighted by Gasteiger charge is -2.31. The quantitative estimate of drug-likeness (QED) is 0.572. The molecule has 1 atom stereocenters. The predicted molar refractivity (Wildman–Crippen MR) is 47.3 cm³/mol. The third kappa shape index (κ3) is 1.63. The van der Waals surface area contributed by atoms with E-state index in [1.54, 1.807) is 0 Å². The lowest BCUT2D eigenvalue weighted by molar-refractivity contribution is -0.194. The Labute approximate surface area is 78.4 Å². The summed E-state index contributed by atoms with van der Waals surface area (Å²) in [5, 5.41) is 0. The lowest BCUT2D eigenvalue weighted by atomic mass is 9.95. The summed E-state index contributed by atoms with van der Waals surface area (Å²) in [5.41, 5.74) is 0. The fourth-order valence-corrected chi connectivity index (χ4v) is 2.18. The topological polar surface area (TPSA) is 35.5 Å². The average molecular weight is 184 g/mol. The molecule has 74 valence electrons. The van der Waals surface area contributed by atoms with Gasteiger partial charge in [0.05, 0.1) is 13.2 Å². The summed E-state index contributed by atoms with van der Waals surface area (Å²) in [5.74, 6) is 0.274. The molecule has 1 unspecified atom stereocenters. The Morgan fingerprint density at radius 1 is 1.31 bits per heavy atom. The van der Waals surface area contributed by atoms with E-state index in [1.165, 1.54) is 0 Å². The molecule has 1 spiro atoms. The molecule has 1 saturated heterocycles. The number of ketones is 1. The highest BCUT2D eigenvalue weighted by atomic mass is 16.7. The van der Waals surface area contributed by atoms with E-state index < -0.39 is 5.79 Å². The molecule has 1 aliphatic carbocycles. The molecule has 2 fully saturated rings. The predicted octanol–water partition coefficient (Wildman–Crippen LogP) is 1.51.